The molecule has 2 rings (SSSR count). The van der Waals surface area contributed by atoms with Crippen LogP contribution in [0.5, 0.6) is 0 Å². The van der Waals surface area contributed by atoms with E-state index in [1.807, 2.05) is 24.3 Å². The molecule has 1 unspecified atom stereocenters. The lowest BCUT2D eigenvalue weighted by molar-refractivity contribution is -0.125. The van der Waals surface area contributed by atoms with Crippen LogP contribution < -0.4 is 10.6 Å². The summed E-state index contributed by atoms with van der Waals surface area (Å²) in [5, 5.41) is 6.75. The zero-order valence-corrected chi connectivity index (χ0v) is 12.1. The highest BCUT2D eigenvalue weighted by atomic mass is 35.5. The molecule has 0 radical (unpaired) electrons. The van der Waals surface area contributed by atoms with E-state index < -0.39 is 0 Å². The largest absolute Gasteiger partial charge is 0.378 e. The van der Waals surface area contributed by atoms with Crippen molar-refractivity contribution in [3.8, 4) is 0 Å². The molecule has 1 aliphatic rings. The van der Waals surface area contributed by atoms with Crippen LogP contribution in [-0.4, -0.2) is 38.3 Å². The van der Waals surface area contributed by atoms with Crippen molar-refractivity contribution in [3.63, 3.8) is 0 Å². The highest BCUT2D eigenvalue weighted by Gasteiger charge is 2.20. The molecule has 4 nitrogen and oxygen atoms in total. The number of benzene rings is 1. The topological polar surface area (TPSA) is 50.4 Å². The highest BCUT2D eigenvalue weighted by Crippen LogP contribution is 2.14. The standard InChI is InChI=1S/C13H17ClN2O2.ClH/c14-11-4-2-1-3-10(11)5-6-16-13(17)12-9-18-8-7-15-12;/h1-4,12,15H,5-9H2,(H,16,17);1H. The zero-order valence-electron chi connectivity index (χ0n) is 10.5. The summed E-state index contributed by atoms with van der Waals surface area (Å²) in [4.78, 5) is 11.8. The van der Waals surface area contributed by atoms with Gasteiger partial charge in [-0.05, 0) is 18.1 Å². The maximum Gasteiger partial charge on any atom is 0.239 e. The molecule has 1 heterocycles. The summed E-state index contributed by atoms with van der Waals surface area (Å²) in [5.41, 5.74) is 1.05. The number of morpholine rings is 1. The third-order valence-corrected chi connectivity index (χ3v) is 3.26. The highest BCUT2D eigenvalue weighted by molar-refractivity contribution is 6.31. The van der Waals surface area contributed by atoms with Gasteiger partial charge in [0.2, 0.25) is 5.91 Å². The van der Waals surface area contributed by atoms with Crippen LogP contribution in [0, 0.1) is 0 Å². The summed E-state index contributed by atoms with van der Waals surface area (Å²) < 4.78 is 5.24. The first-order chi connectivity index (χ1) is 8.77. The summed E-state index contributed by atoms with van der Waals surface area (Å²) in [7, 11) is 0. The Morgan fingerprint density at radius 1 is 1.47 bits per heavy atom. The third kappa shape index (κ3) is 4.99. The number of hydrogen-bond acceptors (Lipinski definition) is 3. The molecule has 1 amide bonds. The number of hydrogen-bond donors (Lipinski definition) is 2. The predicted molar refractivity (Wildman–Crippen MR) is 78.0 cm³/mol. The average molecular weight is 305 g/mol. The van der Waals surface area contributed by atoms with Gasteiger partial charge in [0, 0.05) is 18.1 Å². The first kappa shape index (κ1) is 16.2. The molecule has 1 fully saturated rings. The van der Waals surface area contributed by atoms with Crippen LogP contribution in [0.15, 0.2) is 24.3 Å². The molecule has 1 aliphatic heterocycles. The molecular weight excluding hydrogens is 287 g/mol. The van der Waals surface area contributed by atoms with E-state index >= 15 is 0 Å². The summed E-state index contributed by atoms with van der Waals surface area (Å²) in [6.45, 7) is 2.42. The van der Waals surface area contributed by atoms with Crippen molar-refractivity contribution in [2.75, 3.05) is 26.3 Å². The van der Waals surface area contributed by atoms with E-state index in [4.69, 9.17) is 16.3 Å². The SMILES string of the molecule is Cl.O=C(NCCc1ccccc1Cl)C1COCCN1. The molecule has 0 bridgehead atoms. The number of carbonyl (C=O) groups excluding carboxylic acids is 1. The Balaban J connectivity index is 0.00000180. The minimum Gasteiger partial charge on any atom is -0.378 e. The van der Waals surface area contributed by atoms with Crippen LogP contribution >= 0.6 is 24.0 Å². The van der Waals surface area contributed by atoms with Gasteiger partial charge in [-0.1, -0.05) is 29.8 Å². The number of amides is 1. The molecule has 1 atom stereocenters. The molecule has 0 aliphatic carbocycles. The molecule has 0 spiro atoms. The van der Waals surface area contributed by atoms with Crippen molar-refractivity contribution in [2.45, 2.75) is 12.5 Å². The Kier molecular flexibility index (Phi) is 7.16. The van der Waals surface area contributed by atoms with Gasteiger partial charge in [-0.15, -0.1) is 12.4 Å². The van der Waals surface area contributed by atoms with Crippen LogP contribution in [0.1, 0.15) is 5.56 Å². The van der Waals surface area contributed by atoms with Crippen molar-refractivity contribution >= 4 is 29.9 Å². The molecular formula is C13H18Cl2N2O2. The molecule has 1 aromatic rings. The third-order valence-electron chi connectivity index (χ3n) is 2.89. The fraction of sp³-hybridized carbons (Fsp3) is 0.462. The summed E-state index contributed by atoms with van der Waals surface area (Å²) >= 11 is 6.04. The van der Waals surface area contributed by atoms with Gasteiger partial charge in [0.1, 0.15) is 6.04 Å². The number of ether oxygens (including phenoxy) is 1. The Labute approximate surface area is 124 Å². The monoisotopic (exact) mass is 304 g/mol. The van der Waals surface area contributed by atoms with Crippen LogP contribution in [-0.2, 0) is 16.0 Å². The van der Waals surface area contributed by atoms with E-state index in [-0.39, 0.29) is 24.4 Å². The van der Waals surface area contributed by atoms with Crippen LogP contribution in [0.3, 0.4) is 0 Å². The minimum atomic E-state index is -0.231. The molecule has 0 saturated carbocycles. The van der Waals surface area contributed by atoms with Gasteiger partial charge in [-0.25, -0.2) is 0 Å². The van der Waals surface area contributed by atoms with Crippen LogP contribution in [0.25, 0.3) is 0 Å². The van der Waals surface area contributed by atoms with Crippen molar-refractivity contribution in [1.82, 2.24) is 10.6 Å². The van der Waals surface area contributed by atoms with E-state index in [1.165, 1.54) is 0 Å². The first-order valence-corrected chi connectivity index (χ1v) is 6.47. The molecule has 19 heavy (non-hydrogen) atoms. The lowest BCUT2D eigenvalue weighted by Gasteiger charge is -2.22. The Hall–Kier alpha value is -0.810. The van der Waals surface area contributed by atoms with Crippen LogP contribution in [0.4, 0.5) is 0 Å². The smallest absolute Gasteiger partial charge is 0.239 e. The lowest BCUT2D eigenvalue weighted by Crippen LogP contribution is -2.51. The van der Waals surface area contributed by atoms with E-state index in [0.29, 0.717) is 19.8 Å². The van der Waals surface area contributed by atoms with Gasteiger partial charge in [0.15, 0.2) is 0 Å². The quantitative estimate of drug-likeness (QED) is 0.884. The Morgan fingerprint density at radius 2 is 2.26 bits per heavy atom. The van der Waals surface area contributed by atoms with E-state index in [1.54, 1.807) is 0 Å². The summed E-state index contributed by atoms with van der Waals surface area (Å²) in [6, 6.07) is 7.43. The fourth-order valence-electron chi connectivity index (χ4n) is 1.88. The van der Waals surface area contributed by atoms with Crippen LogP contribution in [0.2, 0.25) is 5.02 Å². The van der Waals surface area contributed by atoms with Gasteiger partial charge < -0.3 is 15.4 Å². The van der Waals surface area contributed by atoms with Gasteiger partial charge in [-0.2, -0.15) is 0 Å². The average Bonchev–Trinajstić information content (AvgIpc) is 2.42. The van der Waals surface area contributed by atoms with Crippen molar-refractivity contribution in [1.29, 1.82) is 0 Å². The van der Waals surface area contributed by atoms with Gasteiger partial charge >= 0.3 is 0 Å². The molecule has 2 N–H and O–H groups in total. The van der Waals surface area contributed by atoms with Crippen molar-refractivity contribution in [2.24, 2.45) is 0 Å². The minimum absolute atomic E-state index is 0. The number of carbonyl (C=O) groups is 1. The van der Waals surface area contributed by atoms with E-state index in [9.17, 15) is 4.79 Å². The normalized spacial score (nSPS) is 18.5. The second-order valence-corrected chi connectivity index (χ2v) is 4.62. The molecule has 0 aromatic heterocycles. The second kappa shape index (κ2) is 8.38. The van der Waals surface area contributed by atoms with Gasteiger partial charge in [-0.3, -0.25) is 4.79 Å². The number of rotatable bonds is 4. The number of nitrogens with one attached hydrogen (secondary N) is 2. The second-order valence-electron chi connectivity index (χ2n) is 4.21. The van der Waals surface area contributed by atoms with E-state index in [0.717, 1.165) is 23.6 Å². The predicted octanol–water partition coefficient (Wildman–Crippen LogP) is 1.41. The molecule has 1 aromatic carbocycles. The summed E-state index contributed by atoms with van der Waals surface area (Å²) in [5.74, 6) is -0.0123. The van der Waals surface area contributed by atoms with Crippen molar-refractivity contribution < 1.29 is 9.53 Å². The molecule has 1 saturated heterocycles. The lowest BCUT2D eigenvalue weighted by atomic mass is 10.1. The zero-order chi connectivity index (χ0) is 12.8. The van der Waals surface area contributed by atoms with Gasteiger partial charge in [0.25, 0.3) is 0 Å². The number of halogens is 2. The molecule has 106 valence electrons. The maximum absolute atomic E-state index is 11.8. The maximum atomic E-state index is 11.8. The van der Waals surface area contributed by atoms with Gasteiger partial charge in [0.05, 0.1) is 13.2 Å². The first-order valence-electron chi connectivity index (χ1n) is 6.09. The Bertz CT molecular complexity index is 409. The molecule has 6 heteroatoms. The Morgan fingerprint density at radius 3 is 2.95 bits per heavy atom. The fourth-order valence-corrected chi connectivity index (χ4v) is 2.11. The van der Waals surface area contributed by atoms with E-state index in [2.05, 4.69) is 10.6 Å². The van der Waals surface area contributed by atoms with Crippen molar-refractivity contribution in [3.05, 3.63) is 34.9 Å². The summed E-state index contributed by atoms with van der Waals surface area (Å²) in [6.07, 6.45) is 0.735.